The largest absolute Gasteiger partial charge is 0.496 e. The number of carbonyl (C=O) groups excluding carboxylic acids is 1. The Morgan fingerprint density at radius 1 is 1.10 bits per heavy atom. The Hall–Kier alpha value is -2.20. The number of ether oxygens (including phenoxy) is 2. The predicted octanol–water partition coefficient (Wildman–Crippen LogP) is 3.29. The normalized spacial score (nSPS) is 10.0. The van der Waals surface area contributed by atoms with Crippen molar-refractivity contribution >= 4 is 17.5 Å². The number of nitrogens with one attached hydrogen (secondary N) is 1. The number of carbonyl (C=O) groups is 1. The van der Waals surface area contributed by atoms with Gasteiger partial charge in [0.25, 0.3) is 5.91 Å². The van der Waals surface area contributed by atoms with Gasteiger partial charge in [0, 0.05) is 6.54 Å². The Balaban J connectivity index is 2.06. The second-order valence-electron chi connectivity index (χ2n) is 4.35. The molecule has 0 radical (unpaired) electrons. The average molecular weight is 306 g/mol. The molecule has 1 amide bonds. The Kier molecular flexibility index (Phi) is 5.06. The summed E-state index contributed by atoms with van der Waals surface area (Å²) in [6, 6.07) is 12.5. The SMILES string of the molecule is COc1ccc(CNC(=O)c2ccccc2OC)cc1Cl. The van der Waals surface area contributed by atoms with Crippen LogP contribution in [-0.4, -0.2) is 20.1 Å². The number of rotatable bonds is 5. The van der Waals surface area contributed by atoms with Crippen molar-refractivity contribution in [2.45, 2.75) is 6.54 Å². The van der Waals surface area contributed by atoms with Gasteiger partial charge in [0.05, 0.1) is 24.8 Å². The van der Waals surface area contributed by atoms with E-state index in [-0.39, 0.29) is 5.91 Å². The van der Waals surface area contributed by atoms with E-state index in [0.717, 1.165) is 5.56 Å². The van der Waals surface area contributed by atoms with Gasteiger partial charge in [-0.3, -0.25) is 4.79 Å². The Bertz CT molecular complexity index is 643. The highest BCUT2D eigenvalue weighted by Gasteiger charge is 2.11. The molecule has 2 aromatic carbocycles. The maximum absolute atomic E-state index is 12.2. The quantitative estimate of drug-likeness (QED) is 0.922. The molecule has 0 aliphatic rings. The monoisotopic (exact) mass is 305 g/mol. The lowest BCUT2D eigenvalue weighted by Crippen LogP contribution is -2.23. The summed E-state index contributed by atoms with van der Waals surface area (Å²) in [6.07, 6.45) is 0. The van der Waals surface area contributed by atoms with Gasteiger partial charge in [0.15, 0.2) is 0 Å². The van der Waals surface area contributed by atoms with Gasteiger partial charge in [-0.05, 0) is 29.8 Å². The molecule has 0 spiro atoms. The highest BCUT2D eigenvalue weighted by atomic mass is 35.5. The molecule has 1 N–H and O–H groups in total. The predicted molar refractivity (Wildman–Crippen MR) is 82.2 cm³/mol. The lowest BCUT2D eigenvalue weighted by atomic mass is 10.1. The lowest BCUT2D eigenvalue weighted by Gasteiger charge is -2.10. The number of para-hydroxylation sites is 1. The zero-order valence-electron chi connectivity index (χ0n) is 11.9. The van der Waals surface area contributed by atoms with Crippen LogP contribution in [0.5, 0.6) is 11.5 Å². The third kappa shape index (κ3) is 3.67. The highest BCUT2D eigenvalue weighted by Crippen LogP contribution is 2.25. The standard InChI is InChI=1S/C16H16ClNO3/c1-20-14-6-4-3-5-12(14)16(19)18-10-11-7-8-15(21-2)13(17)9-11/h3-9H,10H2,1-2H3,(H,18,19). The van der Waals surface area contributed by atoms with Crippen LogP contribution >= 0.6 is 11.6 Å². The molecule has 0 aromatic heterocycles. The minimum atomic E-state index is -0.195. The Labute approximate surface area is 128 Å². The van der Waals surface area contributed by atoms with Gasteiger partial charge < -0.3 is 14.8 Å². The Morgan fingerprint density at radius 2 is 1.81 bits per heavy atom. The molecule has 0 bridgehead atoms. The molecule has 5 heteroatoms. The Morgan fingerprint density at radius 3 is 2.48 bits per heavy atom. The summed E-state index contributed by atoms with van der Waals surface area (Å²) in [7, 11) is 3.10. The molecule has 110 valence electrons. The van der Waals surface area contributed by atoms with Crippen LogP contribution in [0.3, 0.4) is 0 Å². The third-order valence-corrected chi connectivity index (χ3v) is 3.32. The van der Waals surface area contributed by atoms with Crippen LogP contribution in [0, 0.1) is 0 Å². The van der Waals surface area contributed by atoms with Crippen molar-refractivity contribution in [3.05, 3.63) is 58.6 Å². The first-order valence-corrected chi connectivity index (χ1v) is 6.77. The van der Waals surface area contributed by atoms with Gasteiger partial charge in [-0.1, -0.05) is 29.8 Å². The number of benzene rings is 2. The van der Waals surface area contributed by atoms with Crippen molar-refractivity contribution < 1.29 is 14.3 Å². The summed E-state index contributed by atoms with van der Waals surface area (Å²) in [5.74, 6) is 0.957. The zero-order chi connectivity index (χ0) is 15.2. The van der Waals surface area contributed by atoms with Crippen LogP contribution in [0.15, 0.2) is 42.5 Å². The van der Waals surface area contributed by atoms with Crippen LogP contribution < -0.4 is 14.8 Å². The summed E-state index contributed by atoms with van der Waals surface area (Å²) >= 11 is 6.05. The van der Waals surface area contributed by atoms with E-state index in [2.05, 4.69) is 5.32 Å². The molecular weight excluding hydrogens is 290 g/mol. The minimum Gasteiger partial charge on any atom is -0.496 e. The van der Waals surface area contributed by atoms with Crippen LogP contribution in [0.25, 0.3) is 0 Å². The first-order chi connectivity index (χ1) is 10.2. The molecule has 0 unspecified atom stereocenters. The summed E-state index contributed by atoms with van der Waals surface area (Å²) in [5, 5.41) is 3.35. The molecule has 2 aromatic rings. The van der Waals surface area contributed by atoms with Crippen molar-refractivity contribution in [1.29, 1.82) is 0 Å². The second kappa shape index (κ2) is 6.99. The molecular formula is C16H16ClNO3. The number of hydrogen-bond acceptors (Lipinski definition) is 3. The lowest BCUT2D eigenvalue weighted by molar-refractivity contribution is 0.0948. The van der Waals surface area contributed by atoms with Crippen LogP contribution in [0.2, 0.25) is 5.02 Å². The summed E-state index contributed by atoms with van der Waals surface area (Å²) in [6.45, 7) is 0.376. The minimum absolute atomic E-state index is 0.195. The van der Waals surface area contributed by atoms with Gasteiger partial charge in [-0.25, -0.2) is 0 Å². The smallest absolute Gasteiger partial charge is 0.255 e. The number of amides is 1. The van der Waals surface area contributed by atoms with E-state index >= 15 is 0 Å². The number of halogens is 1. The van der Waals surface area contributed by atoms with Gasteiger partial charge in [0.2, 0.25) is 0 Å². The molecule has 0 atom stereocenters. The summed E-state index contributed by atoms with van der Waals surface area (Å²) in [4.78, 5) is 12.2. The molecule has 0 heterocycles. The van der Waals surface area contributed by atoms with E-state index in [1.165, 1.54) is 7.11 Å². The fourth-order valence-electron chi connectivity index (χ4n) is 1.93. The van der Waals surface area contributed by atoms with E-state index in [4.69, 9.17) is 21.1 Å². The van der Waals surface area contributed by atoms with E-state index in [9.17, 15) is 4.79 Å². The molecule has 2 rings (SSSR count). The topological polar surface area (TPSA) is 47.6 Å². The first kappa shape index (κ1) is 15.2. The summed E-state index contributed by atoms with van der Waals surface area (Å²) in [5.41, 5.74) is 1.39. The van der Waals surface area contributed by atoms with Crippen LogP contribution in [0.1, 0.15) is 15.9 Å². The van der Waals surface area contributed by atoms with Gasteiger partial charge in [-0.15, -0.1) is 0 Å². The summed E-state index contributed by atoms with van der Waals surface area (Å²) < 4.78 is 10.3. The van der Waals surface area contributed by atoms with E-state index in [1.807, 2.05) is 12.1 Å². The first-order valence-electron chi connectivity index (χ1n) is 6.39. The second-order valence-corrected chi connectivity index (χ2v) is 4.76. The number of methoxy groups -OCH3 is 2. The van der Waals surface area contributed by atoms with Gasteiger partial charge in [-0.2, -0.15) is 0 Å². The highest BCUT2D eigenvalue weighted by molar-refractivity contribution is 6.32. The molecule has 4 nitrogen and oxygen atoms in total. The van der Waals surface area contributed by atoms with Gasteiger partial charge in [0.1, 0.15) is 11.5 Å². The average Bonchev–Trinajstić information content (AvgIpc) is 2.52. The molecule has 0 saturated carbocycles. The van der Waals surface area contributed by atoms with Gasteiger partial charge >= 0.3 is 0 Å². The third-order valence-electron chi connectivity index (χ3n) is 3.02. The van der Waals surface area contributed by atoms with Crippen molar-refractivity contribution in [2.24, 2.45) is 0 Å². The number of hydrogen-bond donors (Lipinski definition) is 1. The molecule has 0 aliphatic carbocycles. The molecule has 0 aliphatic heterocycles. The zero-order valence-corrected chi connectivity index (χ0v) is 12.6. The van der Waals surface area contributed by atoms with Crippen molar-refractivity contribution in [1.82, 2.24) is 5.32 Å². The van der Waals surface area contributed by atoms with Crippen molar-refractivity contribution in [3.63, 3.8) is 0 Å². The molecule has 0 saturated heterocycles. The van der Waals surface area contributed by atoms with E-state index in [0.29, 0.717) is 28.6 Å². The maximum Gasteiger partial charge on any atom is 0.255 e. The fourth-order valence-corrected chi connectivity index (χ4v) is 2.21. The van der Waals surface area contributed by atoms with Crippen LogP contribution in [0.4, 0.5) is 0 Å². The van der Waals surface area contributed by atoms with E-state index in [1.54, 1.807) is 37.4 Å². The maximum atomic E-state index is 12.2. The molecule has 0 fully saturated rings. The van der Waals surface area contributed by atoms with E-state index < -0.39 is 0 Å². The fraction of sp³-hybridized carbons (Fsp3) is 0.188. The van der Waals surface area contributed by atoms with Crippen molar-refractivity contribution in [2.75, 3.05) is 14.2 Å². The van der Waals surface area contributed by atoms with Crippen molar-refractivity contribution in [3.8, 4) is 11.5 Å². The van der Waals surface area contributed by atoms with Crippen LogP contribution in [-0.2, 0) is 6.54 Å². The molecule has 21 heavy (non-hydrogen) atoms.